The number of hydrogen-bond acceptors (Lipinski definition) is 4. The van der Waals surface area contributed by atoms with Crippen LogP contribution >= 0.6 is 0 Å². The molecule has 1 atom stereocenters. The highest BCUT2D eigenvalue weighted by Gasteiger charge is 2.19. The van der Waals surface area contributed by atoms with Crippen molar-refractivity contribution in [1.82, 2.24) is 19.7 Å². The molecule has 21 heavy (non-hydrogen) atoms. The molecule has 0 saturated heterocycles. The number of para-hydroxylation sites is 2. The molecule has 0 fully saturated rings. The summed E-state index contributed by atoms with van der Waals surface area (Å²) >= 11 is 0. The summed E-state index contributed by atoms with van der Waals surface area (Å²) in [4.78, 5) is 8.93. The molecule has 0 bridgehead atoms. The molecular formula is C16H16N4O. The molecule has 0 radical (unpaired) electrons. The number of allylic oxidation sites excluding steroid dienone is 2. The van der Waals surface area contributed by atoms with Crippen molar-refractivity contribution in [1.29, 1.82) is 0 Å². The van der Waals surface area contributed by atoms with Crippen molar-refractivity contribution in [3.63, 3.8) is 0 Å². The number of imidazole rings is 1. The van der Waals surface area contributed by atoms with Gasteiger partial charge in [-0.25, -0.2) is 4.98 Å². The monoisotopic (exact) mass is 280 g/mol. The first kappa shape index (κ1) is 12.3. The van der Waals surface area contributed by atoms with E-state index >= 15 is 0 Å². The van der Waals surface area contributed by atoms with Gasteiger partial charge in [0.05, 0.1) is 23.9 Å². The smallest absolute Gasteiger partial charge is 0.230 e. The van der Waals surface area contributed by atoms with Crippen molar-refractivity contribution in [2.45, 2.75) is 31.7 Å². The van der Waals surface area contributed by atoms with E-state index in [1.807, 2.05) is 29.1 Å². The van der Waals surface area contributed by atoms with Gasteiger partial charge in [0.1, 0.15) is 0 Å². The Kier molecular flexibility index (Phi) is 3.03. The minimum atomic E-state index is 0.371. The summed E-state index contributed by atoms with van der Waals surface area (Å²) in [5, 5.41) is 4.11. The lowest BCUT2D eigenvalue weighted by Gasteiger charge is -2.12. The summed E-state index contributed by atoms with van der Waals surface area (Å²) in [5.41, 5.74) is 2.07. The van der Waals surface area contributed by atoms with Gasteiger partial charge in [0.25, 0.3) is 0 Å². The van der Waals surface area contributed by atoms with Crippen molar-refractivity contribution in [2.75, 3.05) is 0 Å². The number of hydrogen-bond donors (Lipinski definition) is 0. The SMILES string of the molecule is C1=CCC(c2nc(Cn3cnc4ccccc43)no2)CC1. The van der Waals surface area contributed by atoms with Gasteiger partial charge in [-0.05, 0) is 31.4 Å². The quantitative estimate of drug-likeness (QED) is 0.691. The molecule has 1 aliphatic rings. The van der Waals surface area contributed by atoms with Crippen LogP contribution in [0.2, 0.25) is 0 Å². The topological polar surface area (TPSA) is 56.7 Å². The Balaban J connectivity index is 1.57. The van der Waals surface area contributed by atoms with E-state index < -0.39 is 0 Å². The summed E-state index contributed by atoms with van der Waals surface area (Å²) in [6.45, 7) is 0.590. The molecule has 0 amide bonds. The first-order chi connectivity index (χ1) is 10.4. The average molecular weight is 280 g/mol. The van der Waals surface area contributed by atoms with Crippen LogP contribution in [0.3, 0.4) is 0 Å². The van der Waals surface area contributed by atoms with Gasteiger partial charge in [-0.2, -0.15) is 4.98 Å². The number of rotatable bonds is 3. The van der Waals surface area contributed by atoms with E-state index in [2.05, 4.69) is 33.3 Å². The second-order valence-corrected chi connectivity index (χ2v) is 5.39. The fraction of sp³-hybridized carbons (Fsp3) is 0.312. The van der Waals surface area contributed by atoms with E-state index in [9.17, 15) is 0 Å². The lowest BCUT2D eigenvalue weighted by molar-refractivity contribution is 0.340. The van der Waals surface area contributed by atoms with Gasteiger partial charge < -0.3 is 9.09 Å². The van der Waals surface area contributed by atoms with E-state index in [1.165, 1.54) is 0 Å². The van der Waals surface area contributed by atoms with Crippen LogP contribution in [-0.4, -0.2) is 19.7 Å². The van der Waals surface area contributed by atoms with E-state index in [0.717, 1.165) is 36.2 Å². The zero-order chi connectivity index (χ0) is 14.1. The number of nitrogens with zero attached hydrogens (tertiary/aromatic N) is 4. The number of benzene rings is 1. The van der Waals surface area contributed by atoms with Gasteiger partial charge in [0.15, 0.2) is 5.82 Å². The van der Waals surface area contributed by atoms with Crippen LogP contribution in [0.4, 0.5) is 0 Å². The third-order valence-electron chi connectivity index (χ3n) is 3.94. The molecule has 4 rings (SSSR count). The summed E-state index contributed by atoms with van der Waals surface area (Å²) < 4.78 is 7.48. The molecule has 0 spiro atoms. The van der Waals surface area contributed by atoms with Gasteiger partial charge in [0, 0.05) is 5.92 Å². The molecular weight excluding hydrogens is 264 g/mol. The molecule has 1 aliphatic carbocycles. The van der Waals surface area contributed by atoms with Crippen molar-refractivity contribution in [3.05, 3.63) is 54.5 Å². The number of fused-ring (bicyclic) bond motifs is 1. The second-order valence-electron chi connectivity index (χ2n) is 5.39. The van der Waals surface area contributed by atoms with Crippen molar-refractivity contribution in [2.24, 2.45) is 0 Å². The summed E-state index contributed by atoms with van der Waals surface area (Å²) in [5.74, 6) is 1.84. The predicted molar refractivity (Wildman–Crippen MR) is 78.9 cm³/mol. The Labute approximate surface area is 122 Å². The van der Waals surface area contributed by atoms with E-state index in [4.69, 9.17) is 4.52 Å². The van der Waals surface area contributed by atoms with Crippen LogP contribution in [0.25, 0.3) is 11.0 Å². The van der Waals surface area contributed by atoms with Crippen LogP contribution < -0.4 is 0 Å². The largest absolute Gasteiger partial charge is 0.339 e. The summed E-state index contributed by atoms with van der Waals surface area (Å²) in [7, 11) is 0. The minimum Gasteiger partial charge on any atom is -0.339 e. The molecule has 1 unspecified atom stereocenters. The zero-order valence-corrected chi connectivity index (χ0v) is 11.6. The highest BCUT2D eigenvalue weighted by Crippen LogP contribution is 2.27. The molecule has 5 heteroatoms. The standard InChI is InChI=1S/C16H16N4O/c1-2-6-12(7-3-1)16-18-15(19-21-16)10-20-11-17-13-8-4-5-9-14(13)20/h1-2,4-5,8-9,11-12H,3,6-7,10H2. The predicted octanol–water partition coefficient (Wildman–Crippen LogP) is 3.29. The Morgan fingerprint density at radius 1 is 1.24 bits per heavy atom. The van der Waals surface area contributed by atoms with E-state index in [-0.39, 0.29) is 0 Å². The van der Waals surface area contributed by atoms with Crippen molar-refractivity contribution < 1.29 is 4.52 Å². The van der Waals surface area contributed by atoms with Crippen molar-refractivity contribution >= 4 is 11.0 Å². The van der Waals surface area contributed by atoms with Gasteiger partial charge in [-0.1, -0.05) is 29.4 Å². The van der Waals surface area contributed by atoms with Crippen LogP contribution in [0.5, 0.6) is 0 Å². The normalized spacial score (nSPS) is 18.4. The lowest BCUT2D eigenvalue weighted by Crippen LogP contribution is -2.03. The van der Waals surface area contributed by atoms with Crippen LogP contribution in [0.1, 0.15) is 36.9 Å². The van der Waals surface area contributed by atoms with E-state index in [1.54, 1.807) is 0 Å². The minimum absolute atomic E-state index is 0.371. The highest BCUT2D eigenvalue weighted by molar-refractivity contribution is 5.74. The Bertz CT molecular complexity index is 786. The molecule has 2 aromatic heterocycles. The molecule has 3 aromatic rings. The average Bonchev–Trinajstić information content (AvgIpc) is 3.17. The van der Waals surface area contributed by atoms with Gasteiger partial charge >= 0.3 is 0 Å². The second kappa shape index (κ2) is 5.16. The highest BCUT2D eigenvalue weighted by atomic mass is 16.5. The van der Waals surface area contributed by atoms with Crippen LogP contribution in [0, 0.1) is 0 Å². The van der Waals surface area contributed by atoms with Gasteiger partial charge in [0.2, 0.25) is 5.89 Å². The first-order valence-corrected chi connectivity index (χ1v) is 7.27. The first-order valence-electron chi connectivity index (χ1n) is 7.27. The molecule has 5 nitrogen and oxygen atoms in total. The Hall–Kier alpha value is -2.43. The van der Waals surface area contributed by atoms with Crippen molar-refractivity contribution in [3.8, 4) is 0 Å². The summed E-state index contributed by atoms with van der Waals surface area (Å²) in [6.07, 6.45) is 9.41. The van der Waals surface area contributed by atoms with Gasteiger partial charge in [-0.3, -0.25) is 0 Å². The Morgan fingerprint density at radius 2 is 2.19 bits per heavy atom. The van der Waals surface area contributed by atoms with Crippen LogP contribution in [-0.2, 0) is 6.54 Å². The third-order valence-corrected chi connectivity index (χ3v) is 3.94. The lowest BCUT2D eigenvalue weighted by atomic mass is 9.94. The Morgan fingerprint density at radius 3 is 3.10 bits per heavy atom. The maximum Gasteiger partial charge on any atom is 0.230 e. The maximum atomic E-state index is 5.44. The third kappa shape index (κ3) is 2.35. The molecule has 0 saturated carbocycles. The van der Waals surface area contributed by atoms with Gasteiger partial charge in [-0.15, -0.1) is 0 Å². The van der Waals surface area contributed by atoms with E-state index in [0.29, 0.717) is 18.3 Å². The van der Waals surface area contributed by atoms with Crippen LogP contribution in [0.15, 0.2) is 47.3 Å². The summed E-state index contributed by atoms with van der Waals surface area (Å²) in [6, 6.07) is 8.05. The number of aromatic nitrogens is 4. The fourth-order valence-corrected chi connectivity index (χ4v) is 2.80. The molecule has 1 aromatic carbocycles. The molecule has 0 N–H and O–H groups in total. The fourth-order valence-electron chi connectivity index (χ4n) is 2.80. The zero-order valence-electron chi connectivity index (χ0n) is 11.6. The molecule has 2 heterocycles. The molecule has 106 valence electrons. The molecule has 0 aliphatic heterocycles. The maximum absolute atomic E-state index is 5.44.